The van der Waals surface area contributed by atoms with Crippen molar-refractivity contribution in [2.75, 3.05) is 32.7 Å². The third-order valence-corrected chi connectivity index (χ3v) is 4.26. The summed E-state index contributed by atoms with van der Waals surface area (Å²) in [6.45, 7) is 9.92. The molecule has 5 nitrogen and oxygen atoms in total. The van der Waals surface area contributed by atoms with Gasteiger partial charge < -0.3 is 5.32 Å². The fourth-order valence-corrected chi connectivity index (χ4v) is 2.89. The van der Waals surface area contributed by atoms with Gasteiger partial charge in [0.05, 0.1) is 12.6 Å². The molecule has 1 amide bonds. The Morgan fingerprint density at radius 3 is 2.20 bits per heavy atom. The third-order valence-electron chi connectivity index (χ3n) is 4.26. The number of carbonyl (C=O) groups excluding carboxylic acids is 2. The average molecular weight is 281 g/mol. The van der Waals surface area contributed by atoms with Gasteiger partial charge in [-0.15, -0.1) is 0 Å². The molecule has 1 atom stereocenters. The van der Waals surface area contributed by atoms with Crippen LogP contribution in [-0.2, 0) is 9.59 Å². The van der Waals surface area contributed by atoms with Gasteiger partial charge in [-0.05, 0) is 25.7 Å². The van der Waals surface area contributed by atoms with Gasteiger partial charge in [0.2, 0.25) is 5.91 Å². The molecule has 0 spiro atoms. The monoisotopic (exact) mass is 281 g/mol. The first kappa shape index (κ1) is 15.4. The summed E-state index contributed by atoms with van der Waals surface area (Å²) in [7, 11) is 0. The molecule has 1 heterocycles. The summed E-state index contributed by atoms with van der Waals surface area (Å²) in [5.74, 6) is 0.147. The van der Waals surface area contributed by atoms with Crippen LogP contribution in [0.25, 0.3) is 0 Å². The molecule has 2 aliphatic rings. The van der Waals surface area contributed by atoms with Crippen molar-refractivity contribution in [2.45, 2.75) is 45.7 Å². The quantitative estimate of drug-likeness (QED) is 0.770. The van der Waals surface area contributed by atoms with E-state index in [2.05, 4.69) is 15.1 Å². The minimum absolute atomic E-state index is 0.0289. The van der Waals surface area contributed by atoms with Crippen LogP contribution < -0.4 is 5.32 Å². The van der Waals surface area contributed by atoms with Crippen LogP contribution in [0, 0.1) is 5.92 Å². The number of ketones is 1. The molecule has 0 aromatic heterocycles. The van der Waals surface area contributed by atoms with Gasteiger partial charge in [-0.25, -0.2) is 0 Å². The fourth-order valence-electron chi connectivity index (χ4n) is 2.89. The molecule has 20 heavy (non-hydrogen) atoms. The molecule has 0 aromatic rings. The Bertz CT molecular complexity index is 358. The lowest BCUT2D eigenvalue weighted by atomic mass is 10.0. The van der Waals surface area contributed by atoms with Crippen LogP contribution in [0.15, 0.2) is 0 Å². The van der Waals surface area contributed by atoms with Crippen molar-refractivity contribution < 1.29 is 9.59 Å². The first-order chi connectivity index (χ1) is 9.47. The molecule has 2 rings (SSSR count). The molecule has 1 aliphatic heterocycles. The van der Waals surface area contributed by atoms with Crippen LogP contribution in [0.3, 0.4) is 0 Å². The highest BCUT2D eigenvalue weighted by Crippen LogP contribution is 2.27. The average Bonchev–Trinajstić information content (AvgIpc) is 3.20. The number of piperazine rings is 1. The molecule has 1 aliphatic carbocycles. The van der Waals surface area contributed by atoms with Crippen molar-refractivity contribution in [2.24, 2.45) is 5.92 Å². The Labute approximate surface area is 121 Å². The number of hydrogen-bond acceptors (Lipinski definition) is 4. The zero-order valence-corrected chi connectivity index (χ0v) is 12.9. The van der Waals surface area contributed by atoms with Crippen molar-refractivity contribution in [1.82, 2.24) is 15.1 Å². The molecule has 1 saturated carbocycles. The van der Waals surface area contributed by atoms with Gasteiger partial charge in [0, 0.05) is 32.2 Å². The van der Waals surface area contributed by atoms with E-state index in [1.54, 1.807) is 6.92 Å². The topological polar surface area (TPSA) is 52.7 Å². The van der Waals surface area contributed by atoms with Gasteiger partial charge in [-0.3, -0.25) is 19.4 Å². The van der Waals surface area contributed by atoms with Crippen LogP contribution in [0.4, 0.5) is 0 Å². The highest BCUT2D eigenvalue weighted by Gasteiger charge is 2.31. The Kier molecular flexibility index (Phi) is 5.16. The summed E-state index contributed by atoms with van der Waals surface area (Å²) in [6, 6.07) is 0.462. The molecule has 1 unspecified atom stereocenters. The lowest BCUT2D eigenvalue weighted by Gasteiger charge is -2.34. The van der Waals surface area contributed by atoms with E-state index in [1.807, 2.05) is 13.8 Å². The van der Waals surface area contributed by atoms with E-state index in [4.69, 9.17) is 0 Å². The van der Waals surface area contributed by atoms with Crippen LogP contribution in [-0.4, -0.2) is 66.3 Å². The summed E-state index contributed by atoms with van der Waals surface area (Å²) in [5, 5.41) is 2.87. The predicted octanol–water partition coefficient (Wildman–Crippen LogP) is 0.496. The number of Topliss-reactive ketones (excluding diaryl/α,β-unsaturated/α-hetero) is 1. The number of nitrogens with zero attached hydrogens (tertiary/aromatic N) is 2. The van der Waals surface area contributed by atoms with E-state index in [-0.39, 0.29) is 23.7 Å². The zero-order chi connectivity index (χ0) is 14.7. The van der Waals surface area contributed by atoms with E-state index < -0.39 is 0 Å². The largest absolute Gasteiger partial charge is 0.345 e. The van der Waals surface area contributed by atoms with Gasteiger partial charge in [-0.1, -0.05) is 13.8 Å². The molecule has 2 fully saturated rings. The van der Waals surface area contributed by atoms with Crippen LogP contribution >= 0.6 is 0 Å². The minimum atomic E-state index is -0.352. The van der Waals surface area contributed by atoms with E-state index in [9.17, 15) is 9.59 Å². The second-order valence-corrected chi connectivity index (χ2v) is 6.44. The van der Waals surface area contributed by atoms with E-state index >= 15 is 0 Å². The second-order valence-electron chi connectivity index (χ2n) is 6.44. The van der Waals surface area contributed by atoms with Crippen LogP contribution in [0.5, 0.6) is 0 Å². The smallest absolute Gasteiger partial charge is 0.234 e. The van der Waals surface area contributed by atoms with Gasteiger partial charge in [-0.2, -0.15) is 0 Å². The number of rotatable bonds is 6. The maximum atomic E-state index is 12.0. The summed E-state index contributed by atoms with van der Waals surface area (Å²) >= 11 is 0. The molecule has 1 saturated heterocycles. The van der Waals surface area contributed by atoms with Crippen molar-refractivity contribution >= 4 is 11.7 Å². The molecule has 0 aromatic carbocycles. The van der Waals surface area contributed by atoms with Gasteiger partial charge in [0.25, 0.3) is 0 Å². The summed E-state index contributed by atoms with van der Waals surface area (Å²) < 4.78 is 0. The highest BCUT2D eigenvalue weighted by atomic mass is 16.2. The number of hydrogen-bond donors (Lipinski definition) is 1. The summed E-state index contributed by atoms with van der Waals surface area (Å²) in [6.07, 6.45) is 2.68. The van der Waals surface area contributed by atoms with Gasteiger partial charge in [0.1, 0.15) is 0 Å². The molecule has 1 N–H and O–H groups in total. The lowest BCUT2D eigenvalue weighted by molar-refractivity contribution is -0.128. The van der Waals surface area contributed by atoms with Gasteiger partial charge >= 0.3 is 0 Å². The molecule has 0 radical (unpaired) electrons. The molecule has 114 valence electrons. The van der Waals surface area contributed by atoms with Crippen molar-refractivity contribution in [3.63, 3.8) is 0 Å². The number of amides is 1. The van der Waals surface area contributed by atoms with Crippen LogP contribution in [0.2, 0.25) is 0 Å². The van der Waals surface area contributed by atoms with Crippen LogP contribution in [0.1, 0.15) is 33.6 Å². The minimum Gasteiger partial charge on any atom is -0.345 e. The van der Waals surface area contributed by atoms with E-state index in [1.165, 1.54) is 12.8 Å². The Morgan fingerprint density at radius 2 is 1.75 bits per heavy atom. The molecule has 5 heteroatoms. The SMILES string of the molecule is CC(=O)C(NC(=O)CN1CCN(C2CC2)CC1)C(C)C. The van der Waals surface area contributed by atoms with Crippen molar-refractivity contribution in [1.29, 1.82) is 0 Å². The second kappa shape index (κ2) is 6.68. The van der Waals surface area contributed by atoms with Crippen molar-refractivity contribution in [3.05, 3.63) is 0 Å². The molecular formula is C15H27N3O2. The lowest BCUT2D eigenvalue weighted by Crippen LogP contribution is -2.52. The predicted molar refractivity (Wildman–Crippen MR) is 78.5 cm³/mol. The summed E-state index contributed by atoms with van der Waals surface area (Å²) in [4.78, 5) is 28.3. The zero-order valence-electron chi connectivity index (χ0n) is 12.9. The maximum absolute atomic E-state index is 12.0. The Hall–Kier alpha value is -0.940. The summed E-state index contributed by atoms with van der Waals surface area (Å²) in [5.41, 5.74) is 0. The maximum Gasteiger partial charge on any atom is 0.234 e. The standard InChI is InChI=1S/C15H27N3O2/c1-11(2)15(12(3)19)16-14(20)10-17-6-8-18(9-7-17)13-4-5-13/h11,13,15H,4-10H2,1-3H3,(H,16,20). The van der Waals surface area contributed by atoms with E-state index in [0.29, 0.717) is 6.54 Å². The molecule has 0 bridgehead atoms. The number of nitrogens with one attached hydrogen (secondary N) is 1. The Balaban J connectivity index is 1.72. The third kappa shape index (κ3) is 4.28. The first-order valence-electron chi connectivity index (χ1n) is 7.73. The fraction of sp³-hybridized carbons (Fsp3) is 0.867. The highest BCUT2D eigenvalue weighted by molar-refractivity contribution is 5.88. The van der Waals surface area contributed by atoms with E-state index in [0.717, 1.165) is 32.2 Å². The van der Waals surface area contributed by atoms with Crippen molar-refractivity contribution in [3.8, 4) is 0 Å². The Morgan fingerprint density at radius 1 is 1.15 bits per heavy atom. The molecular weight excluding hydrogens is 254 g/mol. The first-order valence-corrected chi connectivity index (χ1v) is 7.73. The number of carbonyl (C=O) groups is 2. The normalized spacial score (nSPS) is 22.8. The van der Waals surface area contributed by atoms with Gasteiger partial charge in [0.15, 0.2) is 5.78 Å².